The molecule has 0 saturated heterocycles. The SMILES string of the molecule is N[C@@H](C(=O)Cc1cc(F)ccc1F)c1ccccc1. The molecule has 0 aliphatic carbocycles. The van der Waals surface area contributed by atoms with Gasteiger partial charge in [-0.1, -0.05) is 30.3 Å². The standard InChI is InChI=1S/C15H13F2NO/c16-12-6-7-13(17)11(8-12)9-14(19)15(18)10-4-2-1-3-5-10/h1-8,15H,9,18H2/t15-/m1/s1. The Morgan fingerprint density at radius 1 is 1.11 bits per heavy atom. The third kappa shape index (κ3) is 3.23. The van der Waals surface area contributed by atoms with E-state index >= 15 is 0 Å². The van der Waals surface area contributed by atoms with E-state index in [1.54, 1.807) is 24.3 Å². The van der Waals surface area contributed by atoms with E-state index in [0.717, 1.165) is 18.2 Å². The number of carbonyl (C=O) groups is 1. The minimum absolute atomic E-state index is 0.0244. The third-order valence-corrected chi connectivity index (χ3v) is 2.88. The maximum Gasteiger partial charge on any atom is 0.158 e. The fourth-order valence-electron chi connectivity index (χ4n) is 1.82. The van der Waals surface area contributed by atoms with Crippen LogP contribution in [-0.2, 0) is 11.2 Å². The van der Waals surface area contributed by atoms with Crippen molar-refractivity contribution in [3.05, 3.63) is 71.3 Å². The van der Waals surface area contributed by atoms with Crippen LogP contribution in [0.5, 0.6) is 0 Å². The van der Waals surface area contributed by atoms with Crippen molar-refractivity contribution in [1.29, 1.82) is 0 Å². The number of hydrogen-bond donors (Lipinski definition) is 1. The van der Waals surface area contributed by atoms with Crippen molar-refractivity contribution >= 4 is 5.78 Å². The molecule has 0 aliphatic heterocycles. The molecule has 2 aromatic carbocycles. The van der Waals surface area contributed by atoms with Gasteiger partial charge in [0.2, 0.25) is 0 Å². The fraction of sp³-hybridized carbons (Fsp3) is 0.133. The summed E-state index contributed by atoms with van der Waals surface area (Å²) in [5.74, 6) is -1.52. The van der Waals surface area contributed by atoms with Gasteiger partial charge < -0.3 is 5.73 Å². The summed E-state index contributed by atoms with van der Waals surface area (Å²) < 4.78 is 26.4. The zero-order valence-corrected chi connectivity index (χ0v) is 10.1. The predicted molar refractivity (Wildman–Crippen MR) is 68.4 cm³/mol. The molecule has 0 aliphatic rings. The third-order valence-electron chi connectivity index (χ3n) is 2.88. The second kappa shape index (κ2) is 5.71. The highest BCUT2D eigenvalue weighted by molar-refractivity contribution is 5.87. The van der Waals surface area contributed by atoms with E-state index in [0.29, 0.717) is 5.56 Å². The minimum Gasteiger partial charge on any atom is -0.318 e. The largest absolute Gasteiger partial charge is 0.318 e. The van der Waals surface area contributed by atoms with Gasteiger partial charge in [0, 0.05) is 6.42 Å². The predicted octanol–water partition coefficient (Wildman–Crippen LogP) is 2.78. The highest BCUT2D eigenvalue weighted by Crippen LogP contribution is 2.16. The van der Waals surface area contributed by atoms with Crippen molar-refractivity contribution in [3.8, 4) is 0 Å². The van der Waals surface area contributed by atoms with E-state index in [1.807, 2.05) is 6.07 Å². The molecule has 1 atom stereocenters. The highest BCUT2D eigenvalue weighted by atomic mass is 19.1. The van der Waals surface area contributed by atoms with E-state index in [-0.39, 0.29) is 17.8 Å². The van der Waals surface area contributed by atoms with Gasteiger partial charge in [-0.3, -0.25) is 4.79 Å². The van der Waals surface area contributed by atoms with Crippen LogP contribution in [-0.4, -0.2) is 5.78 Å². The lowest BCUT2D eigenvalue weighted by atomic mass is 9.98. The van der Waals surface area contributed by atoms with Gasteiger partial charge in [0.05, 0.1) is 6.04 Å². The maximum atomic E-state index is 13.4. The molecule has 4 heteroatoms. The Morgan fingerprint density at radius 2 is 1.79 bits per heavy atom. The van der Waals surface area contributed by atoms with Crippen LogP contribution in [0, 0.1) is 11.6 Å². The normalized spacial score (nSPS) is 12.2. The number of halogens is 2. The monoisotopic (exact) mass is 261 g/mol. The molecule has 0 radical (unpaired) electrons. The average Bonchev–Trinajstić information content (AvgIpc) is 2.43. The summed E-state index contributed by atoms with van der Waals surface area (Å²) in [6, 6.07) is 11.0. The van der Waals surface area contributed by atoms with Crippen molar-refractivity contribution in [2.45, 2.75) is 12.5 Å². The lowest BCUT2D eigenvalue weighted by molar-refractivity contribution is -0.119. The average molecular weight is 261 g/mol. The van der Waals surface area contributed by atoms with Crippen molar-refractivity contribution in [2.75, 3.05) is 0 Å². The van der Waals surface area contributed by atoms with E-state index in [4.69, 9.17) is 5.73 Å². The molecule has 0 heterocycles. The van der Waals surface area contributed by atoms with E-state index in [2.05, 4.69) is 0 Å². The molecule has 2 N–H and O–H groups in total. The molecule has 2 rings (SSSR count). The summed E-state index contributed by atoms with van der Waals surface area (Å²) in [5, 5.41) is 0. The first-order valence-corrected chi connectivity index (χ1v) is 5.85. The smallest absolute Gasteiger partial charge is 0.158 e. The van der Waals surface area contributed by atoms with Gasteiger partial charge in [-0.15, -0.1) is 0 Å². The van der Waals surface area contributed by atoms with Crippen molar-refractivity contribution < 1.29 is 13.6 Å². The molecule has 2 nitrogen and oxygen atoms in total. The van der Waals surface area contributed by atoms with Crippen LogP contribution in [0.25, 0.3) is 0 Å². The Balaban J connectivity index is 2.15. The van der Waals surface area contributed by atoms with Gasteiger partial charge in [-0.05, 0) is 29.3 Å². The molecule has 0 spiro atoms. The first kappa shape index (κ1) is 13.4. The molecule has 0 aromatic heterocycles. The molecule has 19 heavy (non-hydrogen) atoms. The molecule has 0 bridgehead atoms. The Morgan fingerprint density at radius 3 is 2.47 bits per heavy atom. The Bertz CT molecular complexity index is 584. The van der Waals surface area contributed by atoms with Gasteiger partial charge >= 0.3 is 0 Å². The van der Waals surface area contributed by atoms with Gasteiger partial charge in [0.25, 0.3) is 0 Å². The Kier molecular flexibility index (Phi) is 4.02. The zero-order valence-electron chi connectivity index (χ0n) is 10.1. The number of nitrogens with two attached hydrogens (primary N) is 1. The number of rotatable bonds is 4. The van der Waals surface area contributed by atoms with Crippen molar-refractivity contribution in [2.24, 2.45) is 5.73 Å². The van der Waals surface area contributed by atoms with Crippen LogP contribution in [0.15, 0.2) is 48.5 Å². The summed E-state index contributed by atoms with van der Waals surface area (Å²) in [6.45, 7) is 0. The number of benzene rings is 2. The molecule has 0 unspecified atom stereocenters. The summed E-state index contributed by atoms with van der Waals surface area (Å²) in [7, 11) is 0. The number of carbonyl (C=O) groups excluding carboxylic acids is 1. The Hall–Kier alpha value is -2.07. The summed E-state index contributed by atoms with van der Waals surface area (Å²) in [5.41, 5.74) is 6.49. The summed E-state index contributed by atoms with van der Waals surface area (Å²) in [6.07, 6.45) is -0.223. The lowest BCUT2D eigenvalue weighted by Gasteiger charge is -2.11. The topological polar surface area (TPSA) is 43.1 Å². The van der Waals surface area contributed by atoms with Gasteiger partial charge in [-0.25, -0.2) is 8.78 Å². The van der Waals surface area contributed by atoms with Crippen molar-refractivity contribution in [3.63, 3.8) is 0 Å². The van der Waals surface area contributed by atoms with Crippen LogP contribution >= 0.6 is 0 Å². The second-order valence-electron chi connectivity index (χ2n) is 4.27. The molecule has 98 valence electrons. The van der Waals surface area contributed by atoms with E-state index in [1.165, 1.54) is 0 Å². The summed E-state index contributed by atoms with van der Waals surface area (Å²) in [4.78, 5) is 12.0. The van der Waals surface area contributed by atoms with Crippen LogP contribution in [0.4, 0.5) is 8.78 Å². The number of hydrogen-bond acceptors (Lipinski definition) is 2. The van der Waals surface area contributed by atoms with Crippen LogP contribution < -0.4 is 5.73 Å². The number of Topliss-reactive ketones (excluding diaryl/α,β-unsaturated/α-hetero) is 1. The van der Waals surface area contributed by atoms with Gasteiger partial charge in [-0.2, -0.15) is 0 Å². The molecular formula is C15H13F2NO. The lowest BCUT2D eigenvalue weighted by Crippen LogP contribution is -2.23. The molecule has 0 saturated carbocycles. The van der Waals surface area contributed by atoms with Crippen LogP contribution in [0.3, 0.4) is 0 Å². The first-order chi connectivity index (χ1) is 9.08. The quantitative estimate of drug-likeness (QED) is 0.919. The van der Waals surface area contributed by atoms with Crippen LogP contribution in [0.1, 0.15) is 17.2 Å². The maximum absolute atomic E-state index is 13.4. The Labute approximate surface area is 109 Å². The summed E-state index contributed by atoms with van der Waals surface area (Å²) >= 11 is 0. The minimum atomic E-state index is -0.830. The van der Waals surface area contributed by atoms with Crippen molar-refractivity contribution in [1.82, 2.24) is 0 Å². The highest BCUT2D eigenvalue weighted by Gasteiger charge is 2.17. The van der Waals surface area contributed by atoms with Gasteiger partial charge in [0.15, 0.2) is 5.78 Å². The van der Waals surface area contributed by atoms with E-state index < -0.39 is 17.7 Å². The number of ketones is 1. The first-order valence-electron chi connectivity index (χ1n) is 5.85. The molecule has 2 aromatic rings. The van der Waals surface area contributed by atoms with Gasteiger partial charge in [0.1, 0.15) is 11.6 Å². The van der Waals surface area contributed by atoms with Crippen LogP contribution in [0.2, 0.25) is 0 Å². The molecule has 0 fully saturated rings. The second-order valence-corrected chi connectivity index (χ2v) is 4.27. The fourth-order valence-corrected chi connectivity index (χ4v) is 1.82. The molecular weight excluding hydrogens is 248 g/mol. The van der Waals surface area contributed by atoms with E-state index in [9.17, 15) is 13.6 Å². The molecule has 0 amide bonds. The zero-order chi connectivity index (χ0) is 13.8.